The summed E-state index contributed by atoms with van der Waals surface area (Å²) in [7, 11) is 0. The minimum absolute atomic E-state index is 0.413. The SMILES string of the molecule is NCc1cnc(Sc2ncns2)cn1. The van der Waals surface area contributed by atoms with Crippen molar-refractivity contribution in [2.45, 2.75) is 15.9 Å². The molecule has 0 aliphatic heterocycles. The Bertz CT molecular complexity index is 385. The molecule has 14 heavy (non-hydrogen) atoms. The lowest BCUT2D eigenvalue weighted by atomic mass is 10.5. The van der Waals surface area contributed by atoms with E-state index in [-0.39, 0.29) is 0 Å². The van der Waals surface area contributed by atoms with E-state index >= 15 is 0 Å². The maximum absolute atomic E-state index is 5.41. The molecule has 0 unspecified atom stereocenters. The molecule has 0 fully saturated rings. The van der Waals surface area contributed by atoms with Crippen LogP contribution in [-0.4, -0.2) is 19.3 Å². The Morgan fingerprint density at radius 2 is 2.21 bits per heavy atom. The molecule has 2 heterocycles. The summed E-state index contributed by atoms with van der Waals surface area (Å²) in [4.78, 5) is 12.3. The standard InChI is InChI=1S/C7H7N5S2/c8-1-5-2-10-6(3-9-5)13-7-11-4-12-14-7/h2-4H,1,8H2. The van der Waals surface area contributed by atoms with Gasteiger partial charge in [0.05, 0.1) is 18.1 Å². The van der Waals surface area contributed by atoms with Gasteiger partial charge in [-0.2, -0.15) is 4.37 Å². The molecule has 7 heteroatoms. The first-order valence-electron chi connectivity index (χ1n) is 3.84. The quantitative estimate of drug-likeness (QED) is 0.837. The Balaban J connectivity index is 2.10. The lowest BCUT2D eigenvalue weighted by molar-refractivity contribution is 0.923. The van der Waals surface area contributed by atoms with E-state index in [1.807, 2.05) is 0 Å². The van der Waals surface area contributed by atoms with Crippen molar-refractivity contribution < 1.29 is 0 Å². The van der Waals surface area contributed by atoms with Crippen molar-refractivity contribution in [1.29, 1.82) is 0 Å². The van der Waals surface area contributed by atoms with E-state index in [4.69, 9.17) is 5.73 Å². The predicted octanol–water partition coefficient (Wildman–Crippen LogP) is 0.938. The van der Waals surface area contributed by atoms with Crippen molar-refractivity contribution in [2.75, 3.05) is 0 Å². The normalized spacial score (nSPS) is 10.4. The van der Waals surface area contributed by atoms with Gasteiger partial charge in [0.1, 0.15) is 11.4 Å². The molecule has 5 nitrogen and oxygen atoms in total. The highest BCUT2D eigenvalue weighted by Crippen LogP contribution is 2.25. The third-order valence-corrected chi connectivity index (χ3v) is 3.06. The first-order chi connectivity index (χ1) is 6.88. The summed E-state index contributed by atoms with van der Waals surface area (Å²) in [5, 5.41) is 0.805. The van der Waals surface area contributed by atoms with Gasteiger partial charge < -0.3 is 5.73 Å². The lowest BCUT2D eigenvalue weighted by Gasteiger charge is -1.97. The molecule has 0 spiro atoms. The number of aromatic nitrogens is 4. The van der Waals surface area contributed by atoms with Gasteiger partial charge in [-0.3, -0.25) is 4.98 Å². The van der Waals surface area contributed by atoms with Crippen molar-refractivity contribution in [3.63, 3.8) is 0 Å². The van der Waals surface area contributed by atoms with E-state index in [1.165, 1.54) is 29.6 Å². The Hall–Kier alpha value is -1.05. The van der Waals surface area contributed by atoms with Crippen LogP contribution in [-0.2, 0) is 6.54 Å². The second-order valence-corrected chi connectivity index (χ2v) is 4.41. The van der Waals surface area contributed by atoms with Crippen LogP contribution in [0.15, 0.2) is 28.1 Å². The number of hydrogen-bond donors (Lipinski definition) is 1. The maximum atomic E-state index is 5.41. The van der Waals surface area contributed by atoms with E-state index in [2.05, 4.69) is 19.3 Å². The summed E-state index contributed by atoms with van der Waals surface area (Å²) >= 11 is 2.78. The Morgan fingerprint density at radius 3 is 2.79 bits per heavy atom. The minimum atomic E-state index is 0.413. The van der Waals surface area contributed by atoms with Gasteiger partial charge in [-0.1, -0.05) is 0 Å². The summed E-state index contributed by atoms with van der Waals surface area (Å²) in [6.45, 7) is 0.413. The van der Waals surface area contributed by atoms with Crippen molar-refractivity contribution in [2.24, 2.45) is 5.73 Å². The average Bonchev–Trinajstić information content (AvgIpc) is 2.72. The zero-order valence-electron chi connectivity index (χ0n) is 7.12. The number of rotatable bonds is 3. The van der Waals surface area contributed by atoms with Crippen LogP contribution in [0.5, 0.6) is 0 Å². The highest BCUT2D eigenvalue weighted by atomic mass is 32.2. The van der Waals surface area contributed by atoms with E-state index in [0.717, 1.165) is 15.1 Å². The van der Waals surface area contributed by atoms with Gasteiger partial charge in [-0.05, 0) is 23.3 Å². The molecule has 2 rings (SSSR count). The monoisotopic (exact) mass is 225 g/mol. The fourth-order valence-corrected chi connectivity index (χ4v) is 2.10. The Morgan fingerprint density at radius 1 is 1.29 bits per heavy atom. The van der Waals surface area contributed by atoms with Gasteiger partial charge in [0.2, 0.25) is 0 Å². The number of hydrogen-bond acceptors (Lipinski definition) is 7. The molecule has 2 aromatic rings. The van der Waals surface area contributed by atoms with Gasteiger partial charge in [-0.15, -0.1) is 0 Å². The molecule has 2 aromatic heterocycles. The number of nitrogens with zero attached hydrogens (tertiary/aromatic N) is 4. The Kier molecular flexibility index (Phi) is 3.02. The van der Waals surface area contributed by atoms with Crippen molar-refractivity contribution >= 4 is 23.3 Å². The second-order valence-electron chi connectivity index (χ2n) is 2.36. The largest absolute Gasteiger partial charge is 0.325 e. The fourth-order valence-electron chi connectivity index (χ4n) is 0.798. The molecule has 0 radical (unpaired) electrons. The predicted molar refractivity (Wildman–Crippen MR) is 54.0 cm³/mol. The molecule has 0 saturated heterocycles. The van der Waals surface area contributed by atoms with Gasteiger partial charge in [-0.25, -0.2) is 9.97 Å². The fraction of sp³-hybridized carbons (Fsp3) is 0.143. The van der Waals surface area contributed by atoms with Crippen LogP contribution in [0.4, 0.5) is 0 Å². The van der Waals surface area contributed by atoms with Crippen LogP contribution >= 0.6 is 23.3 Å². The summed E-state index contributed by atoms with van der Waals surface area (Å²) in [5.41, 5.74) is 6.19. The van der Waals surface area contributed by atoms with Crippen molar-refractivity contribution in [1.82, 2.24) is 19.3 Å². The molecule has 0 aliphatic rings. The van der Waals surface area contributed by atoms with Crippen molar-refractivity contribution in [3.05, 3.63) is 24.4 Å². The molecule has 0 aliphatic carbocycles. The van der Waals surface area contributed by atoms with Crippen LogP contribution in [0.1, 0.15) is 5.69 Å². The topological polar surface area (TPSA) is 77.6 Å². The summed E-state index contributed by atoms with van der Waals surface area (Å²) in [6, 6.07) is 0. The van der Waals surface area contributed by atoms with Crippen LogP contribution in [0, 0.1) is 0 Å². The van der Waals surface area contributed by atoms with Gasteiger partial charge in [0.25, 0.3) is 0 Å². The van der Waals surface area contributed by atoms with Crippen LogP contribution in [0.2, 0.25) is 0 Å². The average molecular weight is 225 g/mol. The molecular weight excluding hydrogens is 218 g/mol. The highest BCUT2D eigenvalue weighted by molar-refractivity contribution is 8.00. The maximum Gasteiger partial charge on any atom is 0.176 e. The first kappa shape index (κ1) is 9.50. The second kappa shape index (κ2) is 4.45. The Labute approximate surface area is 89.0 Å². The van der Waals surface area contributed by atoms with Crippen LogP contribution in [0.25, 0.3) is 0 Å². The van der Waals surface area contributed by atoms with Gasteiger partial charge >= 0.3 is 0 Å². The summed E-state index contributed by atoms with van der Waals surface area (Å²) in [5.74, 6) is 0. The molecule has 2 N–H and O–H groups in total. The molecule has 0 atom stereocenters. The van der Waals surface area contributed by atoms with Gasteiger partial charge in [0.15, 0.2) is 4.34 Å². The molecule has 0 saturated carbocycles. The third kappa shape index (κ3) is 2.25. The molecule has 0 aromatic carbocycles. The number of nitrogens with two attached hydrogens (primary N) is 1. The molecule has 0 amide bonds. The minimum Gasteiger partial charge on any atom is -0.325 e. The van der Waals surface area contributed by atoms with E-state index < -0.39 is 0 Å². The zero-order valence-corrected chi connectivity index (χ0v) is 8.75. The van der Waals surface area contributed by atoms with E-state index in [9.17, 15) is 0 Å². The molecule has 72 valence electrons. The molecular formula is C7H7N5S2. The molecule has 0 bridgehead atoms. The lowest BCUT2D eigenvalue weighted by Crippen LogP contribution is -1.99. The van der Waals surface area contributed by atoms with E-state index in [1.54, 1.807) is 12.4 Å². The smallest absolute Gasteiger partial charge is 0.176 e. The van der Waals surface area contributed by atoms with Gasteiger partial charge in [0, 0.05) is 6.54 Å². The summed E-state index contributed by atoms with van der Waals surface area (Å²) < 4.78 is 4.75. The van der Waals surface area contributed by atoms with Crippen LogP contribution < -0.4 is 5.73 Å². The van der Waals surface area contributed by atoms with E-state index in [0.29, 0.717) is 6.54 Å². The first-order valence-corrected chi connectivity index (χ1v) is 5.43. The summed E-state index contributed by atoms with van der Waals surface area (Å²) in [6.07, 6.45) is 4.88. The van der Waals surface area contributed by atoms with Crippen LogP contribution in [0.3, 0.4) is 0 Å². The zero-order chi connectivity index (χ0) is 9.80. The highest BCUT2D eigenvalue weighted by Gasteiger charge is 2.02. The third-order valence-electron chi connectivity index (χ3n) is 1.42. The van der Waals surface area contributed by atoms with Crippen molar-refractivity contribution in [3.8, 4) is 0 Å².